The molecule has 0 radical (unpaired) electrons. The average Bonchev–Trinajstić information content (AvgIpc) is 2.70. The van der Waals surface area contributed by atoms with Gasteiger partial charge in [-0.2, -0.15) is 0 Å². The molecule has 1 saturated carbocycles. The summed E-state index contributed by atoms with van der Waals surface area (Å²) in [5.41, 5.74) is 0.0280. The van der Waals surface area contributed by atoms with Gasteiger partial charge in [0, 0.05) is 17.5 Å². The van der Waals surface area contributed by atoms with Gasteiger partial charge in [-0.25, -0.2) is 4.39 Å². The Morgan fingerprint density at radius 1 is 1.29 bits per heavy atom. The fourth-order valence-electron chi connectivity index (χ4n) is 3.28. The Balaban J connectivity index is 2.17. The molecule has 21 heavy (non-hydrogen) atoms. The molecular weight excluding hydrogens is 335 g/mol. The number of hydrogen-bond donors (Lipinski definition) is 1. The smallest absolute Gasteiger partial charge is 0.126 e. The van der Waals surface area contributed by atoms with Gasteiger partial charge in [-0.1, -0.05) is 41.6 Å². The van der Waals surface area contributed by atoms with E-state index in [1.165, 1.54) is 18.9 Å². The van der Waals surface area contributed by atoms with Gasteiger partial charge in [-0.3, -0.25) is 0 Å². The molecule has 0 bridgehead atoms. The first-order valence-corrected chi connectivity index (χ1v) is 8.62. The summed E-state index contributed by atoms with van der Waals surface area (Å²) in [4.78, 5) is 0. The summed E-state index contributed by atoms with van der Waals surface area (Å²) in [6, 6.07) is 4.86. The van der Waals surface area contributed by atoms with E-state index in [9.17, 15) is 9.50 Å². The lowest BCUT2D eigenvalue weighted by atomic mass is 9.84. The quantitative estimate of drug-likeness (QED) is 0.778. The van der Waals surface area contributed by atoms with Crippen LogP contribution in [0.25, 0.3) is 0 Å². The summed E-state index contributed by atoms with van der Waals surface area (Å²) >= 11 is 3.36. The van der Waals surface area contributed by atoms with Gasteiger partial charge in [-0.15, -0.1) is 0 Å². The van der Waals surface area contributed by atoms with E-state index in [-0.39, 0.29) is 5.82 Å². The topological polar surface area (TPSA) is 29.5 Å². The molecule has 1 aromatic rings. The van der Waals surface area contributed by atoms with Crippen LogP contribution in [0.5, 0.6) is 0 Å². The third-order valence-corrected chi connectivity index (χ3v) is 4.90. The number of hydrogen-bond acceptors (Lipinski definition) is 2. The normalized spacial score (nSPS) is 20.0. The largest absolute Gasteiger partial charge is 0.390 e. The highest BCUT2D eigenvalue weighted by Gasteiger charge is 2.39. The maximum Gasteiger partial charge on any atom is 0.126 e. The van der Waals surface area contributed by atoms with Crippen LogP contribution >= 0.6 is 15.9 Å². The van der Waals surface area contributed by atoms with Crippen molar-refractivity contribution in [2.75, 3.05) is 6.61 Å². The van der Waals surface area contributed by atoms with Crippen LogP contribution in [0, 0.1) is 5.82 Å². The Bertz CT molecular complexity index is 456. The average molecular weight is 359 g/mol. The molecule has 0 heterocycles. The van der Waals surface area contributed by atoms with E-state index in [0.717, 1.165) is 30.2 Å². The second-order valence-corrected chi connectivity index (χ2v) is 6.78. The molecule has 0 aliphatic heterocycles. The minimum absolute atomic E-state index is 0.266. The molecule has 0 amide bonds. The second-order valence-electron chi connectivity index (χ2n) is 5.87. The molecule has 2 rings (SSSR count). The molecule has 0 saturated heterocycles. The number of halogens is 2. The summed E-state index contributed by atoms with van der Waals surface area (Å²) < 4.78 is 20.7. The number of benzene rings is 1. The van der Waals surface area contributed by atoms with E-state index < -0.39 is 11.7 Å². The lowest BCUT2D eigenvalue weighted by molar-refractivity contribution is -0.128. The molecular formula is C17H24BrFO2. The zero-order valence-electron chi connectivity index (χ0n) is 12.6. The Labute approximate surface area is 134 Å². The van der Waals surface area contributed by atoms with Crippen molar-refractivity contribution in [2.24, 2.45) is 0 Å². The molecule has 1 unspecified atom stereocenters. The SMILES string of the molecule is CCOC1(C(O)Cc2cc(Br)ccc2F)CCCCCC1. The molecule has 0 spiro atoms. The fourth-order valence-corrected chi connectivity index (χ4v) is 3.69. The molecule has 1 aliphatic rings. The van der Waals surface area contributed by atoms with Crippen molar-refractivity contribution in [2.45, 2.75) is 63.6 Å². The Hall–Kier alpha value is -0.450. The van der Waals surface area contributed by atoms with Gasteiger partial charge >= 0.3 is 0 Å². The van der Waals surface area contributed by atoms with Crippen LogP contribution in [0.2, 0.25) is 0 Å². The van der Waals surface area contributed by atoms with Gasteiger partial charge in [0.25, 0.3) is 0 Å². The molecule has 1 aliphatic carbocycles. The summed E-state index contributed by atoms with van der Waals surface area (Å²) in [5.74, 6) is -0.266. The first kappa shape index (κ1) is 16.9. The third kappa shape index (κ3) is 4.27. The van der Waals surface area contributed by atoms with Crippen molar-refractivity contribution >= 4 is 15.9 Å². The molecule has 1 aromatic carbocycles. The lowest BCUT2D eigenvalue weighted by Crippen LogP contribution is -2.46. The van der Waals surface area contributed by atoms with Crippen molar-refractivity contribution < 1.29 is 14.2 Å². The summed E-state index contributed by atoms with van der Waals surface area (Å²) in [7, 11) is 0. The third-order valence-electron chi connectivity index (χ3n) is 4.41. The van der Waals surface area contributed by atoms with Gasteiger partial charge in [-0.05, 0) is 43.5 Å². The standard InChI is InChI=1S/C17H24BrFO2/c1-2-21-17(9-5-3-4-6-10-17)16(20)12-13-11-14(18)7-8-15(13)19/h7-8,11,16,20H,2-6,9-10,12H2,1H3. The van der Waals surface area contributed by atoms with E-state index in [4.69, 9.17) is 4.74 Å². The predicted octanol–water partition coefficient (Wildman–Crippen LogP) is 4.62. The first-order valence-electron chi connectivity index (χ1n) is 7.83. The Morgan fingerprint density at radius 3 is 2.57 bits per heavy atom. The number of aliphatic hydroxyl groups excluding tert-OH is 1. The molecule has 1 fully saturated rings. The zero-order chi connectivity index (χ0) is 15.3. The molecule has 4 heteroatoms. The number of ether oxygens (including phenoxy) is 1. The van der Waals surface area contributed by atoms with Crippen molar-refractivity contribution in [3.63, 3.8) is 0 Å². The number of rotatable bonds is 5. The van der Waals surface area contributed by atoms with Crippen LogP contribution in [0.15, 0.2) is 22.7 Å². The van der Waals surface area contributed by atoms with Crippen molar-refractivity contribution in [3.05, 3.63) is 34.1 Å². The van der Waals surface area contributed by atoms with E-state index in [1.807, 2.05) is 6.92 Å². The van der Waals surface area contributed by atoms with E-state index in [1.54, 1.807) is 12.1 Å². The minimum Gasteiger partial charge on any atom is -0.390 e. The van der Waals surface area contributed by atoms with Gasteiger partial charge in [0.05, 0.1) is 11.7 Å². The van der Waals surface area contributed by atoms with Crippen molar-refractivity contribution in [1.82, 2.24) is 0 Å². The van der Waals surface area contributed by atoms with Gasteiger partial charge in [0.15, 0.2) is 0 Å². The second kappa shape index (κ2) is 7.70. The summed E-state index contributed by atoms with van der Waals surface area (Å²) in [6.45, 7) is 2.54. The lowest BCUT2D eigenvalue weighted by Gasteiger charge is -2.37. The molecule has 2 nitrogen and oxygen atoms in total. The minimum atomic E-state index is -0.667. The summed E-state index contributed by atoms with van der Waals surface area (Å²) in [6.07, 6.45) is 5.86. The van der Waals surface area contributed by atoms with Crippen LogP contribution in [0.4, 0.5) is 4.39 Å². The zero-order valence-corrected chi connectivity index (χ0v) is 14.2. The van der Waals surface area contributed by atoms with Gasteiger partial charge in [0.1, 0.15) is 5.82 Å². The van der Waals surface area contributed by atoms with Gasteiger partial charge < -0.3 is 9.84 Å². The highest BCUT2D eigenvalue weighted by molar-refractivity contribution is 9.10. The van der Waals surface area contributed by atoms with E-state index in [2.05, 4.69) is 15.9 Å². The van der Waals surface area contributed by atoms with Gasteiger partial charge in [0.2, 0.25) is 0 Å². The van der Waals surface area contributed by atoms with Crippen LogP contribution in [-0.2, 0) is 11.2 Å². The van der Waals surface area contributed by atoms with Crippen LogP contribution in [-0.4, -0.2) is 23.4 Å². The number of aliphatic hydroxyl groups is 1. The predicted molar refractivity (Wildman–Crippen MR) is 85.9 cm³/mol. The molecule has 1 atom stereocenters. The fraction of sp³-hybridized carbons (Fsp3) is 0.647. The maximum atomic E-state index is 13.9. The summed E-state index contributed by atoms with van der Waals surface area (Å²) in [5, 5.41) is 10.7. The van der Waals surface area contributed by atoms with Crippen LogP contribution < -0.4 is 0 Å². The highest BCUT2D eigenvalue weighted by Crippen LogP contribution is 2.35. The Morgan fingerprint density at radius 2 is 1.95 bits per heavy atom. The van der Waals surface area contributed by atoms with Crippen molar-refractivity contribution in [3.8, 4) is 0 Å². The highest BCUT2D eigenvalue weighted by atomic mass is 79.9. The maximum absolute atomic E-state index is 13.9. The molecule has 1 N–H and O–H groups in total. The monoisotopic (exact) mass is 358 g/mol. The molecule has 0 aromatic heterocycles. The first-order chi connectivity index (χ1) is 10.1. The van der Waals surface area contributed by atoms with E-state index in [0.29, 0.717) is 18.6 Å². The van der Waals surface area contributed by atoms with Crippen LogP contribution in [0.1, 0.15) is 51.0 Å². The molecule has 118 valence electrons. The Kier molecular flexibility index (Phi) is 6.20. The van der Waals surface area contributed by atoms with Crippen LogP contribution in [0.3, 0.4) is 0 Å². The van der Waals surface area contributed by atoms with E-state index >= 15 is 0 Å². The van der Waals surface area contributed by atoms with Crippen molar-refractivity contribution in [1.29, 1.82) is 0 Å².